The Labute approximate surface area is 119 Å². The lowest BCUT2D eigenvalue weighted by Crippen LogP contribution is -3.17. The smallest absolute Gasteiger partial charge is 0.282 e. The molecule has 5 heteroatoms. The zero-order chi connectivity index (χ0) is 13.8. The second-order valence-electron chi connectivity index (χ2n) is 5.39. The van der Waals surface area contributed by atoms with Crippen LogP contribution in [0.3, 0.4) is 0 Å². The van der Waals surface area contributed by atoms with Gasteiger partial charge in [-0.25, -0.2) is 4.98 Å². The molecule has 0 spiro atoms. The minimum absolute atomic E-state index is 0.0134. The van der Waals surface area contributed by atoms with Gasteiger partial charge in [-0.2, -0.15) is 0 Å². The highest BCUT2D eigenvalue weighted by Crippen LogP contribution is 2.17. The summed E-state index contributed by atoms with van der Waals surface area (Å²) in [6, 6.07) is 3.48. The first kappa shape index (κ1) is 14.3. The van der Waals surface area contributed by atoms with Crippen LogP contribution in [-0.2, 0) is 4.79 Å². The number of piperidine rings is 1. The number of likely N-dealkylation sites (tertiary alicyclic amines) is 1. The van der Waals surface area contributed by atoms with Gasteiger partial charge < -0.3 is 10.2 Å². The number of carbonyl (C=O) groups excluding carboxylic acids is 1. The van der Waals surface area contributed by atoms with E-state index in [0.717, 1.165) is 19.0 Å². The summed E-state index contributed by atoms with van der Waals surface area (Å²) in [6.45, 7) is 6.38. The molecular formula is C14H21ClN3O+. The number of hydrogen-bond donors (Lipinski definition) is 2. The molecule has 1 aliphatic heterocycles. The molecule has 4 nitrogen and oxygen atoms in total. The number of aromatic nitrogens is 1. The van der Waals surface area contributed by atoms with E-state index in [9.17, 15) is 4.79 Å². The minimum atomic E-state index is -0.0521. The van der Waals surface area contributed by atoms with Gasteiger partial charge in [-0.05, 0) is 37.8 Å². The Morgan fingerprint density at radius 3 is 2.84 bits per heavy atom. The van der Waals surface area contributed by atoms with Gasteiger partial charge in [-0.1, -0.05) is 18.5 Å². The Morgan fingerprint density at radius 1 is 1.53 bits per heavy atom. The van der Waals surface area contributed by atoms with Crippen LogP contribution < -0.4 is 10.2 Å². The third kappa shape index (κ3) is 3.67. The Kier molecular flexibility index (Phi) is 4.77. The lowest BCUT2D eigenvalue weighted by molar-refractivity contribution is -0.919. The Bertz CT molecular complexity index is 444. The fourth-order valence-electron chi connectivity index (χ4n) is 2.47. The topological polar surface area (TPSA) is 46.4 Å². The van der Waals surface area contributed by atoms with E-state index in [1.807, 2.05) is 6.92 Å². The number of halogens is 1. The van der Waals surface area contributed by atoms with Crippen molar-refractivity contribution < 1.29 is 9.69 Å². The van der Waals surface area contributed by atoms with Crippen molar-refractivity contribution in [2.24, 2.45) is 5.92 Å². The summed E-state index contributed by atoms with van der Waals surface area (Å²) in [4.78, 5) is 17.5. The van der Waals surface area contributed by atoms with Crippen LogP contribution in [0.1, 0.15) is 26.7 Å². The first-order valence-corrected chi connectivity index (χ1v) is 7.21. The van der Waals surface area contributed by atoms with E-state index in [1.165, 1.54) is 17.7 Å². The molecule has 1 aliphatic rings. The second kappa shape index (κ2) is 6.35. The van der Waals surface area contributed by atoms with Crippen LogP contribution in [-0.4, -0.2) is 30.0 Å². The molecule has 0 bridgehead atoms. The van der Waals surface area contributed by atoms with Gasteiger partial charge in [-0.3, -0.25) is 4.79 Å². The van der Waals surface area contributed by atoms with Crippen LogP contribution in [0.4, 0.5) is 5.69 Å². The van der Waals surface area contributed by atoms with Crippen molar-refractivity contribution in [2.45, 2.75) is 32.7 Å². The van der Waals surface area contributed by atoms with Gasteiger partial charge in [-0.15, -0.1) is 0 Å². The van der Waals surface area contributed by atoms with Crippen LogP contribution in [0, 0.1) is 5.92 Å². The van der Waals surface area contributed by atoms with E-state index in [-0.39, 0.29) is 11.9 Å². The lowest BCUT2D eigenvalue weighted by Gasteiger charge is -2.31. The van der Waals surface area contributed by atoms with Crippen LogP contribution in [0.2, 0.25) is 5.15 Å². The molecule has 104 valence electrons. The van der Waals surface area contributed by atoms with E-state index in [4.69, 9.17) is 11.6 Å². The summed E-state index contributed by atoms with van der Waals surface area (Å²) in [5.74, 6) is 0.797. The van der Waals surface area contributed by atoms with Crippen molar-refractivity contribution in [1.82, 2.24) is 4.98 Å². The maximum Gasteiger partial charge on any atom is 0.282 e. The van der Waals surface area contributed by atoms with Gasteiger partial charge in [0.25, 0.3) is 5.91 Å². The van der Waals surface area contributed by atoms with Gasteiger partial charge in [0, 0.05) is 6.20 Å². The van der Waals surface area contributed by atoms with Crippen LogP contribution in [0.25, 0.3) is 0 Å². The summed E-state index contributed by atoms with van der Waals surface area (Å²) in [5.41, 5.74) is 0.589. The molecule has 0 aliphatic carbocycles. The molecule has 1 fully saturated rings. The van der Waals surface area contributed by atoms with E-state index >= 15 is 0 Å². The van der Waals surface area contributed by atoms with Crippen LogP contribution >= 0.6 is 11.6 Å². The van der Waals surface area contributed by atoms with Crippen molar-refractivity contribution in [3.63, 3.8) is 0 Å². The number of carbonyl (C=O) groups is 1. The lowest BCUT2D eigenvalue weighted by atomic mass is 9.98. The molecular weight excluding hydrogens is 262 g/mol. The highest BCUT2D eigenvalue weighted by Gasteiger charge is 2.28. The molecule has 1 aromatic heterocycles. The van der Waals surface area contributed by atoms with Crippen molar-refractivity contribution in [3.8, 4) is 0 Å². The quantitative estimate of drug-likeness (QED) is 0.823. The maximum atomic E-state index is 12.2. The fourth-order valence-corrected chi connectivity index (χ4v) is 2.64. The number of quaternary nitrogens is 1. The van der Waals surface area contributed by atoms with Crippen LogP contribution in [0.15, 0.2) is 18.3 Å². The Hall–Kier alpha value is -1.13. The first-order valence-electron chi connectivity index (χ1n) is 6.84. The van der Waals surface area contributed by atoms with Gasteiger partial charge in [0.2, 0.25) is 0 Å². The zero-order valence-corrected chi connectivity index (χ0v) is 12.2. The summed E-state index contributed by atoms with van der Waals surface area (Å²) in [5, 5.41) is 3.20. The molecule has 2 rings (SSSR count). The molecule has 19 heavy (non-hydrogen) atoms. The molecule has 1 aromatic rings. The van der Waals surface area contributed by atoms with Gasteiger partial charge in [0.15, 0.2) is 11.2 Å². The van der Waals surface area contributed by atoms with E-state index in [0.29, 0.717) is 10.8 Å². The molecule has 2 N–H and O–H groups in total. The third-order valence-electron chi connectivity index (χ3n) is 3.94. The molecule has 0 aromatic carbocycles. The number of pyridine rings is 1. The number of rotatable bonds is 3. The van der Waals surface area contributed by atoms with E-state index < -0.39 is 0 Å². The predicted octanol–water partition coefficient (Wildman–Crippen LogP) is 1.38. The zero-order valence-electron chi connectivity index (χ0n) is 11.4. The van der Waals surface area contributed by atoms with Crippen LogP contribution in [0.5, 0.6) is 0 Å². The number of nitrogens with zero attached hydrogens (tertiary/aromatic N) is 1. The second-order valence-corrected chi connectivity index (χ2v) is 5.75. The van der Waals surface area contributed by atoms with Crippen molar-refractivity contribution in [1.29, 1.82) is 0 Å². The minimum Gasteiger partial charge on any atom is -0.325 e. The average Bonchev–Trinajstić information content (AvgIpc) is 2.41. The van der Waals surface area contributed by atoms with E-state index in [2.05, 4.69) is 17.2 Å². The van der Waals surface area contributed by atoms with Crippen molar-refractivity contribution >= 4 is 23.2 Å². The van der Waals surface area contributed by atoms with Gasteiger partial charge in [0.05, 0.1) is 18.8 Å². The van der Waals surface area contributed by atoms with Gasteiger partial charge >= 0.3 is 0 Å². The van der Waals surface area contributed by atoms with Gasteiger partial charge in [0.1, 0.15) is 0 Å². The number of hydrogen-bond acceptors (Lipinski definition) is 2. The summed E-state index contributed by atoms with van der Waals surface area (Å²) in [7, 11) is 0. The summed E-state index contributed by atoms with van der Waals surface area (Å²) < 4.78 is 0. The molecule has 1 amide bonds. The van der Waals surface area contributed by atoms with Crippen molar-refractivity contribution in [2.75, 3.05) is 18.4 Å². The third-order valence-corrected chi connectivity index (χ3v) is 4.24. The number of anilines is 1. The Morgan fingerprint density at radius 2 is 2.21 bits per heavy atom. The largest absolute Gasteiger partial charge is 0.325 e. The number of amides is 1. The number of nitrogens with one attached hydrogen (secondary N) is 2. The molecule has 1 saturated heterocycles. The van der Waals surface area contributed by atoms with Crippen molar-refractivity contribution in [3.05, 3.63) is 23.5 Å². The molecule has 0 saturated carbocycles. The summed E-state index contributed by atoms with van der Waals surface area (Å²) in [6.07, 6.45) is 4.00. The first-order chi connectivity index (χ1) is 9.08. The molecule has 0 unspecified atom stereocenters. The van der Waals surface area contributed by atoms with E-state index in [1.54, 1.807) is 18.3 Å². The Balaban J connectivity index is 1.94. The normalized spacial score (nSPS) is 24.8. The SMILES string of the molecule is CC1CC[NH+]([C@H](C)C(=O)Nc2cccnc2Cl)CC1. The summed E-state index contributed by atoms with van der Waals surface area (Å²) >= 11 is 5.95. The predicted molar refractivity (Wildman–Crippen MR) is 76.4 cm³/mol. The highest BCUT2D eigenvalue weighted by molar-refractivity contribution is 6.32. The standard InChI is InChI=1S/C14H20ClN3O/c1-10-5-8-18(9-6-10)11(2)14(19)17-12-4-3-7-16-13(12)15/h3-4,7,10-11H,5-6,8-9H2,1-2H3,(H,17,19)/p+1/t11-/m1/s1. The molecule has 0 radical (unpaired) electrons. The highest BCUT2D eigenvalue weighted by atomic mass is 35.5. The fraction of sp³-hybridized carbons (Fsp3) is 0.571. The average molecular weight is 283 g/mol. The monoisotopic (exact) mass is 282 g/mol. The molecule has 1 atom stereocenters. The molecule has 2 heterocycles. The maximum absolute atomic E-state index is 12.2.